The summed E-state index contributed by atoms with van der Waals surface area (Å²) in [4.78, 5) is 18.6. The molecule has 24 heavy (non-hydrogen) atoms. The number of hydrogen-bond acceptors (Lipinski definition) is 4. The fraction of sp³-hybridized carbons (Fsp3) is 0.222. The fourth-order valence-corrected chi connectivity index (χ4v) is 2.68. The second-order valence-electron chi connectivity index (χ2n) is 5.86. The number of rotatable bonds is 5. The molecule has 1 amide bonds. The molecule has 1 aliphatic rings. The molecule has 1 atom stereocenters. The standard InChI is InChI=1S/C18H19N3O2S/c1-18(20-19-17(24)15-10-6-3-7-11-15)12-16(22)21(23-18)13-14-8-4-2-5-9-14/h2-11,20H,12-13H2,1H3,(H,19,24). The Balaban J connectivity index is 1.58. The predicted molar refractivity (Wildman–Crippen MR) is 95.5 cm³/mol. The van der Waals surface area contributed by atoms with Gasteiger partial charge in [-0.3, -0.25) is 4.79 Å². The third-order valence-corrected chi connectivity index (χ3v) is 4.06. The molecule has 1 saturated heterocycles. The van der Waals surface area contributed by atoms with E-state index in [-0.39, 0.29) is 12.3 Å². The van der Waals surface area contributed by atoms with Crippen LogP contribution in [0.5, 0.6) is 0 Å². The Hall–Kier alpha value is -2.28. The van der Waals surface area contributed by atoms with Crippen molar-refractivity contribution in [1.29, 1.82) is 0 Å². The van der Waals surface area contributed by atoms with Crippen LogP contribution in [0.1, 0.15) is 24.5 Å². The average molecular weight is 341 g/mol. The first-order valence-corrected chi connectivity index (χ1v) is 8.13. The lowest BCUT2D eigenvalue weighted by molar-refractivity contribution is -0.209. The van der Waals surface area contributed by atoms with Gasteiger partial charge >= 0.3 is 0 Å². The lowest BCUT2D eigenvalue weighted by Gasteiger charge is -2.26. The molecule has 6 heteroatoms. The summed E-state index contributed by atoms with van der Waals surface area (Å²) in [7, 11) is 0. The SMILES string of the molecule is CC1(NNC(=S)c2ccccc2)CC(=O)N(Cc2ccccc2)O1. The van der Waals surface area contributed by atoms with Crippen molar-refractivity contribution in [2.45, 2.75) is 25.6 Å². The normalized spacial score (nSPS) is 20.2. The average Bonchev–Trinajstić information content (AvgIpc) is 2.89. The van der Waals surface area contributed by atoms with Crippen molar-refractivity contribution in [3.05, 3.63) is 71.8 Å². The molecule has 2 N–H and O–H groups in total. The van der Waals surface area contributed by atoms with E-state index in [0.29, 0.717) is 11.5 Å². The summed E-state index contributed by atoms with van der Waals surface area (Å²) in [6.45, 7) is 2.23. The van der Waals surface area contributed by atoms with E-state index >= 15 is 0 Å². The molecule has 3 rings (SSSR count). The number of amides is 1. The van der Waals surface area contributed by atoms with E-state index in [0.717, 1.165) is 11.1 Å². The first-order valence-electron chi connectivity index (χ1n) is 7.72. The Morgan fingerprint density at radius 1 is 1.17 bits per heavy atom. The number of nitrogens with zero attached hydrogens (tertiary/aromatic N) is 1. The molecule has 0 bridgehead atoms. The van der Waals surface area contributed by atoms with Gasteiger partial charge in [-0.05, 0) is 12.5 Å². The zero-order valence-electron chi connectivity index (χ0n) is 13.4. The number of carbonyl (C=O) groups is 1. The van der Waals surface area contributed by atoms with Crippen LogP contribution in [0.2, 0.25) is 0 Å². The number of hydroxylamine groups is 2. The summed E-state index contributed by atoms with van der Waals surface area (Å²) >= 11 is 5.34. The van der Waals surface area contributed by atoms with E-state index in [4.69, 9.17) is 17.1 Å². The molecule has 1 unspecified atom stereocenters. The number of carbonyl (C=O) groups excluding carboxylic acids is 1. The second kappa shape index (κ2) is 7.09. The van der Waals surface area contributed by atoms with Crippen molar-refractivity contribution in [3.8, 4) is 0 Å². The van der Waals surface area contributed by atoms with E-state index < -0.39 is 5.72 Å². The zero-order chi connectivity index (χ0) is 17.0. The monoisotopic (exact) mass is 341 g/mol. The topological polar surface area (TPSA) is 53.6 Å². The molecule has 2 aromatic carbocycles. The maximum Gasteiger partial charge on any atom is 0.250 e. The van der Waals surface area contributed by atoms with Crippen molar-refractivity contribution in [2.24, 2.45) is 0 Å². The van der Waals surface area contributed by atoms with E-state index in [1.165, 1.54) is 5.06 Å². The fourth-order valence-electron chi connectivity index (χ4n) is 2.49. The molecular formula is C18H19N3O2S. The quantitative estimate of drug-likeness (QED) is 0.647. The molecule has 0 aliphatic carbocycles. The van der Waals surface area contributed by atoms with Gasteiger partial charge in [0.25, 0.3) is 5.91 Å². The van der Waals surface area contributed by atoms with Crippen LogP contribution in [0.3, 0.4) is 0 Å². The number of thiocarbonyl (C=S) groups is 1. The minimum Gasteiger partial charge on any atom is -0.309 e. The molecule has 1 aliphatic heterocycles. The van der Waals surface area contributed by atoms with Gasteiger partial charge in [0.15, 0.2) is 5.72 Å². The largest absolute Gasteiger partial charge is 0.309 e. The second-order valence-corrected chi connectivity index (χ2v) is 6.27. The molecule has 1 fully saturated rings. The van der Waals surface area contributed by atoms with Gasteiger partial charge in [-0.1, -0.05) is 72.9 Å². The van der Waals surface area contributed by atoms with Crippen molar-refractivity contribution in [2.75, 3.05) is 0 Å². The van der Waals surface area contributed by atoms with Crippen LogP contribution < -0.4 is 10.9 Å². The van der Waals surface area contributed by atoms with Gasteiger partial charge in [0.1, 0.15) is 4.99 Å². The molecular weight excluding hydrogens is 322 g/mol. The van der Waals surface area contributed by atoms with Gasteiger partial charge in [0.05, 0.1) is 13.0 Å². The number of nitrogens with one attached hydrogen (secondary N) is 2. The summed E-state index contributed by atoms with van der Waals surface area (Å²) in [5.41, 5.74) is 7.06. The summed E-state index contributed by atoms with van der Waals surface area (Å²) in [5.74, 6) is -0.0683. The number of hydrogen-bond donors (Lipinski definition) is 2. The van der Waals surface area contributed by atoms with Crippen molar-refractivity contribution >= 4 is 23.1 Å². The predicted octanol–water partition coefficient (Wildman–Crippen LogP) is 2.54. The Kier molecular flexibility index (Phi) is 4.89. The lowest BCUT2D eigenvalue weighted by atomic mass is 10.2. The number of hydrazine groups is 1. The van der Waals surface area contributed by atoms with Crippen molar-refractivity contribution in [1.82, 2.24) is 15.9 Å². The molecule has 0 saturated carbocycles. The van der Waals surface area contributed by atoms with Gasteiger partial charge in [-0.25, -0.2) is 15.3 Å². The Labute approximate surface area is 146 Å². The molecule has 124 valence electrons. The Bertz CT molecular complexity index is 724. The van der Waals surface area contributed by atoms with Crippen molar-refractivity contribution < 1.29 is 9.63 Å². The van der Waals surface area contributed by atoms with E-state index in [9.17, 15) is 4.79 Å². The van der Waals surface area contributed by atoms with Crippen LogP contribution in [-0.4, -0.2) is 21.7 Å². The highest BCUT2D eigenvalue weighted by molar-refractivity contribution is 7.80. The minimum absolute atomic E-state index is 0.0683. The van der Waals surface area contributed by atoms with Gasteiger partial charge < -0.3 is 5.43 Å². The van der Waals surface area contributed by atoms with E-state index in [1.807, 2.05) is 67.6 Å². The molecule has 0 aromatic heterocycles. The highest BCUT2D eigenvalue weighted by Crippen LogP contribution is 2.25. The van der Waals surface area contributed by atoms with Gasteiger partial charge in [0, 0.05) is 5.56 Å². The maximum atomic E-state index is 12.2. The van der Waals surface area contributed by atoms with Crippen LogP contribution in [0.25, 0.3) is 0 Å². The van der Waals surface area contributed by atoms with Crippen LogP contribution in [0.4, 0.5) is 0 Å². The summed E-state index contributed by atoms with van der Waals surface area (Å²) in [6.07, 6.45) is 0.226. The minimum atomic E-state index is -0.843. The third kappa shape index (κ3) is 3.97. The lowest BCUT2D eigenvalue weighted by Crippen LogP contribution is -2.52. The van der Waals surface area contributed by atoms with Gasteiger partial charge in [-0.2, -0.15) is 0 Å². The first kappa shape index (κ1) is 16.6. The first-order chi connectivity index (χ1) is 11.6. The van der Waals surface area contributed by atoms with Crippen molar-refractivity contribution in [3.63, 3.8) is 0 Å². The highest BCUT2D eigenvalue weighted by Gasteiger charge is 2.41. The zero-order valence-corrected chi connectivity index (χ0v) is 14.2. The molecule has 2 aromatic rings. The van der Waals surface area contributed by atoms with Gasteiger partial charge in [0.2, 0.25) is 0 Å². The Morgan fingerprint density at radius 3 is 2.46 bits per heavy atom. The van der Waals surface area contributed by atoms with Crippen LogP contribution >= 0.6 is 12.2 Å². The van der Waals surface area contributed by atoms with Crippen LogP contribution in [0.15, 0.2) is 60.7 Å². The maximum absolute atomic E-state index is 12.2. The smallest absolute Gasteiger partial charge is 0.250 e. The number of benzene rings is 2. The van der Waals surface area contributed by atoms with Gasteiger partial charge in [-0.15, -0.1) is 0 Å². The van der Waals surface area contributed by atoms with E-state index in [2.05, 4.69) is 10.9 Å². The molecule has 0 radical (unpaired) electrons. The van der Waals surface area contributed by atoms with E-state index in [1.54, 1.807) is 0 Å². The summed E-state index contributed by atoms with van der Waals surface area (Å²) < 4.78 is 0. The molecule has 1 heterocycles. The summed E-state index contributed by atoms with van der Waals surface area (Å²) in [5, 5.41) is 1.38. The Morgan fingerprint density at radius 2 is 1.79 bits per heavy atom. The van der Waals surface area contributed by atoms with Crippen LogP contribution in [-0.2, 0) is 16.2 Å². The molecule has 0 spiro atoms. The summed E-state index contributed by atoms with van der Waals surface area (Å²) in [6, 6.07) is 19.3. The highest BCUT2D eigenvalue weighted by atomic mass is 32.1. The van der Waals surface area contributed by atoms with Crippen LogP contribution in [0, 0.1) is 0 Å². The third-order valence-electron chi connectivity index (χ3n) is 3.72. The molecule has 5 nitrogen and oxygen atoms in total.